The maximum atomic E-state index is 12.6. The molecule has 0 aliphatic heterocycles. The van der Waals surface area contributed by atoms with Crippen molar-refractivity contribution in [1.82, 2.24) is 0 Å². The molecule has 0 N–H and O–H groups in total. The van der Waals surface area contributed by atoms with Crippen molar-refractivity contribution in [1.29, 1.82) is 0 Å². The average molecular weight is 610 g/mol. The molecule has 0 spiro atoms. The minimum atomic E-state index is -0.670. The summed E-state index contributed by atoms with van der Waals surface area (Å²) in [6.07, 6.45) is 0. The van der Waals surface area contributed by atoms with Crippen molar-refractivity contribution in [3.8, 4) is 0 Å². The molecule has 6 rings (SSSR count). The molecule has 202 valence electrons. The second-order valence-corrected chi connectivity index (χ2v) is 7.71. The van der Waals surface area contributed by atoms with Crippen molar-refractivity contribution in [3.05, 3.63) is 180 Å². The monoisotopic (exact) mass is 610 g/mol. The second-order valence-electron chi connectivity index (χ2n) is 7.71. The summed E-state index contributed by atoms with van der Waals surface area (Å²) in [5, 5.41) is 0. The van der Waals surface area contributed by atoms with Crippen molar-refractivity contribution in [2.45, 2.75) is 12.3 Å². The van der Waals surface area contributed by atoms with E-state index in [1.807, 2.05) is 164 Å². The molecule has 0 saturated carbocycles. The number of ketones is 1. The molecule has 6 aromatic rings. The first-order chi connectivity index (χ1) is 16.8. The molecular weight excluding hydrogens is 580 g/mol. The van der Waals surface area contributed by atoms with Crippen molar-refractivity contribution in [2.75, 3.05) is 0 Å². The van der Waals surface area contributed by atoms with Gasteiger partial charge in [0.2, 0.25) is 0 Å². The van der Waals surface area contributed by atoms with Crippen molar-refractivity contribution >= 4 is 5.78 Å². The molecule has 4 heteroatoms. The average Bonchev–Trinajstić information content (AvgIpc) is 3.73. The summed E-state index contributed by atoms with van der Waals surface area (Å²) < 4.78 is 0. The molecule has 37 heavy (non-hydrogen) atoms. The molecule has 0 heterocycles. The van der Waals surface area contributed by atoms with Gasteiger partial charge in [-0.3, -0.25) is 0 Å². The zero-order valence-electron chi connectivity index (χ0n) is 20.6. The van der Waals surface area contributed by atoms with Gasteiger partial charge in [-0.1, -0.05) is 0 Å². The van der Waals surface area contributed by atoms with Crippen LogP contribution in [0.25, 0.3) is 0 Å². The Morgan fingerprint density at radius 1 is 0.486 bits per heavy atom. The quantitative estimate of drug-likeness (QED) is 0.146. The minimum absolute atomic E-state index is 0. The standard InChI is InChI=1S/C18H15O.3C5H5.3Fe/c1-14(19)18(15-8-2-3-9-15,16-10-4-5-11-16)17-12-6-7-13-17;3*1-2-4-5-3-1;;;/h2-13H,1H3;3*1-5H;;;/q-3;-5;2*-1;;;. The van der Waals surface area contributed by atoms with Gasteiger partial charge in [-0.2, -0.15) is 89.5 Å². The number of Topliss-reactive ketones (excluding diaryl/α,β-unsaturated/α-hetero) is 1. The molecule has 0 bridgehead atoms. The van der Waals surface area contributed by atoms with Crippen LogP contribution in [-0.2, 0) is 61.4 Å². The molecule has 0 saturated heterocycles. The Kier molecular flexibility index (Phi) is 18.0. The maximum Gasteiger partial charge on any atom is 0.114 e. The number of hydrogen-bond donors (Lipinski definition) is 0. The predicted molar refractivity (Wildman–Crippen MR) is 143 cm³/mol. The van der Waals surface area contributed by atoms with Gasteiger partial charge >= 0.3 is 0 Å². The molecule has 0 radical (unpaired) electrons. The van der Waals surface area contributed by atoms with Crippen LogP contribution in [0, 0.1) is 0 Å². The van der Waals surface area contributed by atoms with Crippen LogP contribution in [0.3, 0.4) is 0 Å². The summed E-state index contributed by atoms with van der Waals surface area (Å²) >= 11 is 0. The fourth-order valence-electron chi connectivity index (χ4n) is 3.94. The third-order valence-electron chi connectivity index (χ3n) is 5.48. The van der Waals surface area contributed by atoms with E-state index in [4.69, 9.17) is 0 Å². The van der Waals surface area contributed by atoms with Crippen LogP contribution < -0.4 is 0 Å². The van der Waals surface area contributed by atoms with E-state index in [9.17, 15) is 4.79 Å². The Morgan fingerprint density at radius 3 is 0.892 bits per heavy atom. The summed E-state index contributed by atoms with van der Waals surface area (Å²) in [4.78, 5) is 12.6. The molecular formula is C33H30Fe3O-10. The van der Waals surface area contributed by atoms with E-state index in [0.717, 1.165) is 16.7 Å². The third-order valence-corrected chi connectivity index (χ3v) is 5.48. The topological polar surface area (TPSA) is 17.1 Å². The maximum absolute atomic E-state index is 12.6. The summed E-state index contributed by atoms with van der Waals surface area (Å²) in [6.45, 7) is 1.67. The summed E-state index contributed by atoms with van der Waals surface area (Å²) in [7, 11) is 0. The van der Waals surface area contributed by atoms with Gasteiger partial charge in [0.05, 0.1) is 0 Å². The predicted octanol–water partition coefficient (Wildman–Crippen LogP) is 7.98. The summed E-state index contributed by atoms with van der Waals surface area (Å²) in [5.74, 6) is 0.149. The molecule has 0 aliphatic carbocycles. The van der Waals surface area contributed by atoms with Crippen LogP contribution in [0.2, 0.25) is 0 Å². The number of carbonyl (C=O) groups is 1. The smallest absolute Gasteiger partial charge is 0.114 e. The van der Waals surface area contributed by atoms with E-state index >= 15 is 0 Å². The number of carbonyl (C=O) groups excluding carboxylic acids is 1. The van der Waals surface area contributed by atoms with Crippen molar-refractivity contribution in [2.24, 2.45) is 0 Å². The molecule has 0 aliphatic rings. The van der Waals surface area contributed by atoms with Crippen molar-refractivity contribution < 1.29 is 56.0 Å². The van der Waals surface area contributed by atoms with Crippen LogP contribution in [0.1, 0.15) is 23.6 Å². The van der Waals surface area contributed by atoms with Gasteiger partial charge < -0.3 is 35.1 Å². The van der Waals surface area contributed by atoms with E-state index < -0.39 is 5.41 Å². The van der Waals surface area contributed by atoms with E-state index in [-0.39, 0.29) is 57.0 Å². The normalized spacial score (nSPS) is 9.22. The molecule has 0 aromatic heterocycles. The van der Waals surface area contributed by atoms with E-state index in [1.165, 1.54) is 0 Å². The van der Waals surface area contributed by atoms with Gasteiger partial charge in [0.1, 0.15) is 5.78 Å². The van der Waals surface area contributed by atoms with Gasteiger partial charge in [-0.25, -0.2) is 60.7 Å². The molecule has 0 fully saturated rings. The fourth-order valence-corrected chi connectivity index (χ4v) is 3.94. The van der Waals surface area contributed by atoms with Gasteiger partial charge in [0.25, 0.3) is 0 Å². The zero-order valence-corrected chi connectivity index (χ0v) is 23.9. The SMILES string of the molecule is CC(=O)C([c-]1cccc1)([c-]1cccc1)[c-]1cccc1.[Fe].[Fe].[Fe].[cH-]1[cH-][cH-][cH-][cH-]1.c1cc[cH-]c1.c1cc[cH-]c1. The van der Waals surface area contributed by atoms with Crippen molar-refractivity contribution in [3.63, 3.8) is 0 Å². The van der Waals surface area contributed by atoms with Crippen LogP contribution in [0.15, 0.2) is 164 Å². The first-order valence-corrected chi connectivity index (χ1v) is 11.4. The first-order valence-electron chi connectivity index (χ1n) is 11.4. The summed E-state index contributed by atoms with van der Waals surface area (Å²) in [6, 6.07) is 54.1. The van der Waals surface area contributed by atoms with E-state index in [2.05, 4.69) is 0 Å². The Bertz CT molecular complexity index is 993. The molecule has 0 unspecified atom stereocenters. The van der Waals surface area contributed by atoms with E-state index in [1.54, 1.807) is 6.92 Å². The Balaban J connectivity index is 0.000000589. The number of rotatable bonds is 4. The Labute approximate surface area is 253 Å². The first kappa shape index (κ1) is 34.3. The summed E-state index contributed by atoms with van der Waals surface area (Å²) in [5.41, 5.74) is 2.45. The molecule has 0 atom stereocenters. The van der Waals surface area contributed by atoms with Gasteiger partial charge in [-0.15, -0.1) is 0 Å². The second kappa shape index (κ2) is 19.4. The van der Waals surface area contributed by atoms with Gasteiger partial charge in [-0.05, 0) is 12.3 Å². The Hall–Kier alpha value is -2.67. The molecule has 6 aromatic carbocycles. The molecule has 0 amide bonds. The van der Waals surface area contributed by atoms with Crippen LogP contribution in [0.4, 0.5) is 0 Å². The minimum Gasteiger partial charge on any atom is -0.748 e. The largest absolute Gasteiger partial charge is 0.748 e. The van der Waals surface area contributed by atoms with Crippen LogP contribution in [0.5, 0.6) is 0 Å². The van der Waals surface area contributed by atoms with Gasteiger partial charge in [0.15, 0.2) is 0 Å². The zero-order chi connectivity index (χ0) is 23.9. The Morgan fingerprint density at radius 2 is 0.730 bits per heavy atom. The van der Waals surface area contributed by atoms with Crippen LogP contribution in [-0.4, -0.2) is 5.78 Å². The van der Waals surface area contributed by atoms with E-state index in [0.29, 0.717) is 0 Å². The number of hydrogen-bond acceptors (Lipinski definition) is 1. The third kappa shape index (κ3) is 9.95. The molecule has 1 nitrogen and oxygen atoms in total. The van der Waals surface area contributed by atoms with Crippen LogP contribution >= 0.6 is 0 Å². The fraction of sp³-hybridized carbons (Fsp3) is 0.0606. The van der Waals surface area contributed by atoms with Gasteiger partial charge in [0, 0.05) is 51.2 Å².